The molecule has 1 fully saturated rings. The fourth-order valence-electron chi connectivity index (χ4n) is 3.18. The van der Waals surface area contributed by atoms with Gasteiger partial charge < -0.3 is 14.8 Å². The molecule has 1 N–H and O–H groups in total. The first kappa shape index (κ1) is 15.5. The number of rotatable bonds is 6. The predicted molar refractivity (Wildman–Crippen MR) is 88.9 cm³/mol. The lowest BCUT2D eigenvalue weighted by molar-refractivity contribution is -0.132. The van der Waals surface area contributed by atoms with Gasteiger partial charge in [-0.25, -0.2) is 9.97 Å². The van der Waals surface area contributed by atoms with Gasteiger partial charge in [-0.15, -0.1) is 0 Å². The Morgan fingerprint density at radius 3 is 3.13 bits per heavy atom. The van der Waals surface area contributed by atoms with E-state index in [9.17, 15) is 4.79 Å². The maximum absolute atomic E-state index is 12.6. The lowest BCUT2D eigenvalue weighted by Crippen LogP contribution is -2.30. The first-order valence-corrected chi connectivity index (χ1v) is 8.17. The zero-order valence-corrected chi connectivity index (χ0v) is 13.5. The Kier molecular flexibility index (Phi) is 4.90. The topological polar surface area (TPSA) is 63.1 Å². The molecule has 0 radical (unpaired) electrons. The molecule has 3 heterocycles. The average molecular weight is 313 g/mol. The number of amides is 1. The highest BCUT2D eigenvalue weighted by Gasteiger charge is 2.29. The van der Waals surface area contributed by atoms with Crippen molar-refractivity contribution in [1.29, 1.82) is 0 Å². The minimum absolute atomic E-state index is 0.186. The van der Waals surface area contributed by atoms with E-state index in [-0.39, 0.29) is 11.9 Å². The van der Waals surface area contributed by atoms with Gasteiger partial charge in [-0.1, -0.05) is 0 Å². The van der Waals surface area contributed by atoms with Crippen LogP contribution in [0.25, 0.3) is 0 Å². The summed E-state index contributed by atoms with van der Waals surface area (Å²) in [7, 11) is 1.86. The molecule has 1 unspecified atom stereocenters. The molecule has 2 aromatic rings. The fraction of sp³-hybridized carbons (Fsp3) is 0.471. The van der Waals surface area contributed by atoms with Crippen LogP contribution in [-0.2, 0) is 11.3 Å². The number of likely N-dealkylation sites (tertiary alicyclic amines) is 1. The van der Waals surface area contributed by atoms with Crippen LogP contribution in [0.1, 0.15) is 37.3 Å². The molecule has 0 aromatic carbocycles. The summed E-state index contributed by atoms with van der Waals surface area (Å²) >= 11 is 0. The zero-order valence-electron chi connectivity index (χ0n) is 13.5. The molecule has 0 bridgehead atoms. The number of aromatic nitrogens is 3. The largest absolute Gasteiger partial charge is 0.373 e. The molecule has 23 heavy (non-hydrogen) atoms. The van der Waals surface area contributed by atoms with Crippen LogP contribution < -0.4 is 5.32 Å². The molecule has 1 aliphatic rings. The Morgan fingerprint density at radius 1 is 1.43 bits per heavy atom. The van der Waals surface area contributed by atoms with Gasteiger partial charge in [0.2, 0.25) is 5.91 Å². The zero-order chi connectivity index (χ0) is 16.1. The molecule has 1 amide bonds. The summed E-state index contributed by atoms with van der Waals surface area (Å²) in [5.74, 6) is 1.09. The first-order chi connectivity index (χ1) is 11.3. The van der Waals surface area contributed by atoms with E-state index in [4.69, 9.17) is 0 Å². The lowest BCUT2D eigenvalue weighted by Gasteiger charge is -2.25. The van der Waals surface area contributed by atoms with Gasteiger partial charge in [0.25, 0.3) is 0 Å². The third-order valence-electron chi connectivity index (χ3n) is 4.36. The summed E-state index contributed by atoms with van der Waals surface area (Å²) in [6, 6.07) is 4.25. The number of imidazole rings is 1. The summed E-state index contributed by atoms with van der Waals surface area (Å²) in [5.41, 5.74) is 1.17. The van der Waals surface area contributed by atoms with Gasteiger partial charge >= 0.3 is 0 Å². The van der Waals surface area contributed by atoms with Crippen molar-refractivity contribution in [2.75, 3.05) is 18.9 Å². The maximum atomic E-state index is 12.6. The molecule has 1 aliphatic heterocycles. The molecule has 0 aliphatic carbocycles. The standard InChI is InChI=1S/C17H23N5O/c1-18-16-12-14(6-7-20-16)15-4-2-10-22(15)17(23)5-3-9-21-11-8-19-13-21/h6-8,11-13,15H,2-5,9-10H2,1H3,(H,18,20). The molecule has 1 saturated heterocycles. The van der Waals surface area contributed by atoms with E-state index in [1.807, 2.05) is 34.8 Å². The van der Waals surface area contributed by atoms with E-state index < -0.39 is 0 Å². The monoisotopic (exact) mass is 313 g/mol. The van der Waals surface area contributed by atoms with Crippen molar-refractivity contribution in [2.24, 2.45) is 0 Å². The number of pyridine rings is 1. The summed E-state index contributed by atoms with van der Waals surface area (Å²) in [6.07, 6.45) is 10.8. The quantitative estimate of drug-likeness (QED) is 0.890. The van der Waals surface area contributed by atoms with Crippen LogP contribution in [0.2, 0.25) is 0 Å². The Balaban J connectivity index is 1.60. The molecule has 122 valence electrons. The van der Waals surface area contributed by atoms with Gasteiger partial charge in [0.05, 0.1) is 12.4 Å². The second-order valence-electron chi connectivity index (χ2n) is 5.87. The number of hydrogen-bond acceptors (Lipinski definition) is 4. The summed E-state index contributed by atoms with van der Waals surface area (Å²) < 4.78 is 2.01. The predicted octanol–water partition coefficient (Wildman–Crippen LogP) is 2.46. The average Bonchev–Trinajstić information content (AvgIpc) is 3.26. The van der Waals surface area contributed by atoms with Crippen LogP contribution in [0.4, 0.5) is 5.82 Å². The molecule has 1 atom stereocenters. The third-order valence-corrected chi connectivity index (χ3v) is 4.36. The number of carbonyl (C=O) groups excluding carboxylic acids is 1. The Hall–Kier alpha value is -2.37. The molecule has 3 rings (SSSR count). The minimum atomic E-state index is 0.186. The highest BCUT2D eigenvalue weighted by Crippen LogP contribution is 2.33. The molecule has 6 heteroatoms. The van der Waals surface area contributed by atoms with E-state index in [1.54, 1.807) is 18.7 Å². The van der Waals surface area contributed by atoms with E-state index in [0.717, 1.165) is 38.2 Å². The van der Waals surface area contributed by atoms with Crippen molar-refractivity contribution in [3.05, 3.63) is 42.6 Å². The summed E-state index contributed by atoms with van der Waals surface area (Å²) in [6.45, 7) is 1.69. The molecular formula is C17H23N5O. The minimum Gasteiger partial charge on any atom is -0.373 e. The SMILES string of the molecule is CNc1cc(C2CCCN2C(=O)CCCn2ccnc2)ccn1. The van der Waals surface area contributed by atoms with Crippen LogP contribution in [0.5, 0.6) is 0 Å². The highest BCUT2D eigenvalue weighted by molar-refractivity contribution is 5.77. The number of aryl methyl sites for hydroxylation is 1. The van der Waals surface area contributed by atoms with Gasteiger partial charge in [-0.05, 0) is 37.0 Å². The van der Waals surface area contributed by atoms with Crippen LogP contribution in [-0.4, -0.2) is 38.9 Å². The Bertz CT molecular complexity index is 640. The van der Waals surface area contributed by atoms with Gasteiger partial charge in [-0.3, -0.25) is 4.79 Å². The maximum Gasteiger partial charge on any atom is 0.223 e. The number of nitrogens with one attached hydrogen (secondary N) is 1. The van der Waals surface area contributed by atoms with Gasteiger partial charge in [-0.2, -0.15) is 0 Å². The lowest BCUT2D eigenvalue weighted by atomic mass is 10.1. The van der Waals surface area contributed by atoms with Gasteiger partial charge in [0.15, 0.2) is 0 Å². The first-order valence-electron chi connectivity index (χ1n) is 8.17. The van der Waals surface area contributed by atoms with Gasteiger partial charge in [0.1, 0.15) is 5.82 Å². The van der Waals surface area contributed by atoms with E-state index in [1.165, 1.54) is 5.56 Å². The van der Waals surface area contributed by atoms with Gasteiger partial charge in [0, 0.05) is 45.1 Å². The van der Waals surface area contributed by atoms with Crippen molar-refractivity contribution in [3.63, 3.8) is 0 Å². The molecule has 0 saturated carbocycles. The Labute approximate surface area is 136 Å². The van der Waals surface area contributed by atoms with Crippen molar-refractivity contribution in [1.82, 2.24) is 19.4 Å². The molecular weight excluding hydrogens is 290 g/mol. The van der Waals surface area contributed by atoms with Crippen molar-refractivity contribution >= 4 is 11.7 Å². The van der Waals surface area contributed by atoms with Crippen LogP contribution in [0, 0.1) is 0 Å². The number of anilines is 1. The van der Waals surface area contributed by atoms with E-state index >= 15 is 0 Å². The number of nitrogens with zero attached hydrogens (tertiary/aromatic N) is 4. The number of carbonyl (C=O) groups is 1. The molecule has 2 aromatic heterocycles. The van der Waals surface area contributed by atoms with Crippen LogP contribution in [0.3, 0.4) is 0 Å². The van der Waals surface area contributed by atoms with Crippen molar-refractivity contribution in [2.45, 2.75) is 38.3 Å². The smallest absolute Gasteiger partial charge is 0.223 e. The second-order valence-corrected chi connectivity index (χ2v) is 5.87. The molecule has 6 nitrogen and oxygen atoms in total. The fourth-order valence-corrected chi connectivity index (χ4v) is 3.18. The number of hydrogen-bond donors (Lipinski definition) is 1. The van der Waals surface area contributed by atoms with E-state index in [2.05, 4.69) is 15.3 Å². The van der Waals surface area contributed by atoms with Crippen LogP contribution in [0.15, 0.2) is 37.1 Å². The third kappa shape index (κ3) is 3.70. The highest BCUT2D eigenvalue weighted by atomic mass is 16.2. The summed E-state index contributed by atoms with van der Waals surface area (Å²) in [4.78, 5) is 22.9. The second kappa shape index (κ2) is 7.26. The Morgan fingerprint density at radius 2 is 2.35 bits per heavy atom. The summed E-state index contributed by atoms with van der Waals surface area (Å²) in [5, 5.41) is 3.06. The van der Waals surface area contributed by atoms with E-state index in [0.29, 0.717) is 6.42 Å². The van der Waals surface area contributed by atoms with Crippen molar-refractivity contribution < 1.29 is 4.79 Å². The van der Waals surface area contributed by atoms with Crippen molar-refractivity contribution in [3.8, 4) is 0 Å². The molecule has 0 spiro atoms. The van der Waals surface area contributed by atoms with Crippen LogP contribution >= 0.6 is 0 Å². The normalized spacial score (nSPS) is 17.4.